The van der Waals surface area contributed by atoms with Gasteiger partial charge in [-0.2, -0.15) is 0 Å². The van der Waals surface area contributed by atoms with Crippen LogP contribution in [0.5, 0.6) is 0 Å². The number of rotatable bonds is 5. The Labute approximate surface area is 161 Å². The molecule has 5 nitrogen and oxygen atoms in total. The summed E-state index contributed by atoms with van der Waals surface area (Å²) < 4.78 is 23.4. The van der Waals surface area contributed by atoms with Crippen LogP contribution in [-0.4, -0.2) is 38.5 Å². The van der Waals surface area contributed by atoms with Crippen molar-refractivity contribution in [2.45, 2.75) is 38.3 Å². The predicted octanol–water partition coefficient (Wildman–Crippen LogP) is 3.03. The summed E-state index contributed by atoms with van der Waals surface area (Å²) in [6.07, 6.45) is 3.06. The van der Waals surface area contributed by atoms with Crippen LogP contribution in [0.15, 0.2) is 47.5 Å². The highest BCUT2D eigenvalue weighted by Crippen LogP contribution is 2.25. The van der Waals surface area contributed by atoms with Gasteiger partial charge in [0.05, 0.1) is 17.5 Å². The van der Waals surface area contributed by atoms with Gasteiger partial charge in [-0.15, -0.1) is 0 Å². The van der Waals surface area contributed by atoms with Gasteiger partial charge in [0, 0.05) is 12.6 Å². The van der Waals surface area contributed by atoms with E-state index in [0.717, 1.165) is 12.4 Å². The Morgan fingerprint density at radius 2 is 1.93 bits per heavy atom. The molecule has 2 atom stereocenters. The highest BCUT2D eigenvalue weighted by Gasteiger charge is 2.28. The SMILES string of the molecule is CC(NC(=NCC1CCS(=O)(=O)C1)NC1CC1)c1cccc2ccccc12. The molecule has 2 fully saturated rings. The Hall–Kier alpha value is -2.08. The largest absolute Gasteiger partial charge is 0.354 e. The van der Waals surface area contributed by atoms with Crippen LogP contribution in [0.1, 0.15) is 37.8 Å². The molecular formula is C21H27N3O2S. The lowest BCUT2D eigenvalue weighted by Gasteiger charge is -2.20. The Kier molecular flexibility index (Phi) is 5.08. The van der Waals surface area contributed by atoms with Gasteiger partial charge in [-0.05, 0) is 48.4 Å². The summed E-state index contributed by atoms with van der Waals surface area (Å²) in [6.45, 7) is 2.70. The molecule has 6 heteroatoms. The number of nitrogens with one attached hydrogen (secondary N) is 2. The number of guanidine groups is 1. The molecule has 144 valence electrons. The number of hydrogen-bond donors (Lipinski definition) is 2. The van der Waals surface area contributed by atoms with E-state index in [1.165, 1.54) is 29.2 Å². The zero-order chi connectivity index (χ0) is 18.9. The van der Waals surface area contributed by atoms with Crippen LogP contribution in [0.2, 0.25) is 0 Å². The molecule has 0 spiro atoms. The van der Waals surface area contributed by atoms with E-state index in [1.54, 1.807) is 0 Å². The third kappa shape index (κ3) is 4.61. The Morgan fingerprint density at radius 3 is 2.67 bits per heavy atom. The second-order valence-electron chi connectivity index (χ2n) is 7.81. The summed E-state index contributed by atoms with van der Waals surface area (Å²) in [5.41, 5.74) is 1.24. The highest BCUT2D eigenvalue weighted by molar-refractivity contribution is 7.91. The van der Waals surface area contributed by atoms with Crippen LogP contribution in [0.4, 0.5) is 0 Å². The van der Waals surface area contributed by atoms with Gasteiger partial charge in [0.2, 0.25) is 0 Å². The van der Waals surface area contributed by atoms with E-state index in [2.05, 4.69) is 60.0 Å². The van der Waals surface area contributed by atoms with Crippen LogP contribution < -0.4 is 10.6 Å². The van der Waals surface area contributed by atoms with Gasteiger partial charge >= 0.3 is 0 Å². The van der Waals surface area contributed by atoms with Crippen LogP contribution in [0.3, 0.4) is 0 Å². The quantitative estimate of drug-likeness (QED) is 0.613. The lowest BCUT2D eigenvalue weighted by Crippen LogP contribution is -2.40. The molecule has 2 aromatic rings. The van der Waals surface area contributed by atoms with E-state index in [9.17, 15) is 8.42 Å². The van der Waals surface area contributed by atoms with Crippen LogP contribution in [-0.2, 0) is 9.84 Å². The van der Waals surface area contributed by atoms with E-state index in [-0.39, 0.29) is 17.7 Å². The molecule has 2 aromatic carbocycles. The number of sulfone groups is 1. The van der Waals surface area contributed by atoms with Crippen molar-refractivity contribution >= 4 is 26.6 Å². The zero-order valence-corrected chi connectivity index (χ0v) is 16.5. The molecule has 0 aromatic heterocycles. The summed E-state index contributed by atoms with van der Waals surface area (Å²) in [7, 11) is -2.85. The molecular weight excluding hydrogens is 358 g/mol. The van der Waals surface area contributed by atoms with E-state index in [1.807, 2.05) is 0 Å². The molecule has 1 heterocycles. The van der Waals surface area contributed by atoms with Gasteiger partial charge < -0.3 is 10.6 Å². The van der Waals surface area contributed by atoms with Crippen molar-refractivity contribution in [2.24, 2.45) is 10.9 Å². The fourth-order valence-electron chi connectivity index (χ4n) is 3.70. The monoisotopic (exact) mass is 385 g/mol. The van der Waals surface area contributed by atoms with Gasteiger partial charge in [0.1, 0.15) is 0 Å². The van der Waals surface area contributed by atoms with Gasteiger partial charge in [-0.1, -0.05) is 42.5 Å². The van der Waals surface area contributed by atoms with Crippen molar-refractivity contribution in [3.8, 4) is 0 Å². The first-order valence-corrected chi connectivity index (χ1v) is 11.6. The third-order valence-electron chi connectivity index (χ3n) is 5.40. The lowest BCUT2D eigenvalue weighted by atomic mass is 10.00. The average molecular weight is 386 g/mol. The Bertz CT molecular complexity index is 946. The van der Waals surface area contributed by atoms with Crippen LogP contribution in [0.25, 0.3) is 10.8 Å². The number of benzene rings is 2. The van der Waals surface area contributed by atoms with E-state index >= 15 is 0 Å². The summed E-state index contributed by atoms with van der Waals surface area (Å²) in [4.78, 5) is 4.73. The second-order valence-corrected chi connectivity index (χ2v) is 10.0. The molecule has 1 aliphatic heterocycles. The summed E-state index contributed by atoms with van der Waals surface area (Å²) in [5, 5.41) is 9.48. The first-order valence-electron chi connectivity index (χ1n) is 9.76. The summed E-state index contributed by atoms with van der Waals surface area (Å²) >= 11 is 0. The molecule has 0 radical (unpaired) electrons. The van der Waals surface area contributed by atoms with Gasteiger partial charge in [-0.25, -0.2) is 8.42 Å². The van der Waals surface area contributed by atoms with Crippen molar-refractivity contribution in [2.75, 3.05) is 18.1 Å². The standard InChI is InChI=1S/C21H27N3O2S/c1-15(19-8-4-6-17-5-2-3-7-20(17)19)23-21(24-18-9-10-18)22-13-16-11-12-27(25,26)14-16/h2-8,15-16,18H,9-14H2,1H3,(H2,22,23,24). The molecule has 27 heavy (non-hydrogen) atoms. The molecule has 1 saturated heterocycles. The van der Waals surface area contributed by atoms with Crippen molar-refractivity contribution in [1.82, 2.24) is 10.6 Å². The summed E-state index contributed by atoms with van der Waals surface area (Å²) in [5.74, 6) is 1.51. The maximum Gasteiger partial charge on any atom is 0.191 e. The lowest BCUT2D eigenvalue weighted by molar-refractivity contribution is 0.587. The number of hydrogen-bond acceptors (Lipinski definition) is 3. The molecule has 1 aliphatic carbocycles. The van der Waals surface area contributed by atoms with Crippen molar-refractivity contribution in [3.63, 3.8) is 0 Å². The third-order valence-corrected chi connectivity index (χ3v) is 7.23. The Morgan fingerprint density at radius 1 is 1.15 bits per heavy atom. The zero-order valence-electron chi connectivity index (χ0n) is 15.7. The molecule has 2 N–H and O–H groups in total. The fourth-order valence-corrected chi connectivity index (χ4v) is 5.55. The number of aliphatic imine (C=N–C) groups is 1. The van der Waals surface area contributed by atoms with E-state index in [0.29, 0.717) is 18.3 Å². The van der Waals surface area contributed by atoms with Gasteiger partial charge in [0.15, 0.2) is 15.8 Å². The maximum absolute atomic E-state index is 11.7. The number of fused-ring (bicyclic) bond motifs is 1. The molecule has 2 unspecified atom stereocenters. The van der Waals surface area contributed by atoms with Crippen molar-refractivity contribution in [3.05, 3.63) is 48.0 Å². The maximum atomic E-state index is 11.7. The van der Waals surface area contributed by atoms with Crippen molar-refractivity contribution in [1.29, 1.82) is 0 Å². The minimum atomic E-state index is -2.85. The minimum Gasteiger partial charge on any atom is -0.354 e. The Balaban J connectivity index is 1.49. The topological polar surface area (TPSA) is 70.6 Å². The van der Waals surface area contributed by atoms with Crippen LogP contribution in [0, 0.1) is 5.92 Å². The van der Waals surface area contributed by atoms with Gasteiger partial charge in [-0.3, -0.25) is 4.99 Å². The predicted molar refractivity (Wildman–Crippen MR) is 111 cm³/mol. The normalized spacial score (nSPS) is 23.3. The van der Waals surface area contributed by atoms with Crippen LogP contribution >= 0.6 is 0 Å². The fraction of sp³-hybridized carbons (Fsp3) is 0.476. The second kappa shape index (κ2) is 7.50. The average Bonchev–Trinajstić information content (AvgIpc) is 3.40. The smallest absolute Gasteiger partial charge is 0.191 e. The number of nitrogens with zero attached hydrogens (tertiary/aromatic N) is 1. The molecule has 4 rings (SSSR count). The highest BCUT2D eigenvalue weighted by atomic mass is 32.2. The molecule has 0 bridgehead atoms. The first-order chi connectivity index (χ1) is 13.0. The molecule has 2 aliphatic rings. The molecule has 1 saturated carbocycles. The van der Waals surface area contributed by atoms with Crippen molar-refractivity contribution < 1.29 is 8.42 Å². The summed E-state index contributed by atoms with van der Waals surface area (Å²) in [6, 6.07) is 15.4. The minimum absolute atomic E-state index is 0.105. The molecule has 0 amide bonds. The first kappa shape index (κ1) is 18.3. The van der Waals surface area contributed by atoms with E-state index in [4.69, 9.17) is 4.99 Å². The van der Waals surface area contributed by atoms with E-state index < -0.39 is 9.84 Å². The van der Waals surface area contributed by atoms with Gasteiger partial charge in [0.25, 0.3) is 0 Å².